The van der Waals surface area contributed by atoms with E-state index in [2.05, 4.69) is 5.32 Å². The Kier molecular flexibility index (Phi) is 7.98. The number of hydrogen-bond donors (Lipinski definition) is 4. The van der Waals surface area contributed by atoms with Crippen molar-refractivity contribution in [3.63, 3.8) is 0 Å². The van der Waals surface area contributed by atoms with E-state index in [4.69, 9.17) is 5.73 Å². The fourth-order valence-corrected chi connectivity index (χ4v) is 6.08. The highest BCUT2D eigenvalue weighted by Gasteiger charge is 2.39. The maximum absolute atomic E-state index is 15.7. The molecule has 13 heteroatoms. The smallest absolute Gasteiger partial charge is 0.326 e. The number of nitrogens with two attached hydrogens (primary N) is 1. The molecule has 0 spiro atoms. The summed E-state index contributed by atoms with van der Waals surface area (Å²) in [5, 5.41) is 12.9. The predicted octanol–water partition coefficient (Wildman–Crippen LogP) is 0.986. The average Bonchev–Trinajstić information content (AvgIpc) is 3.35. The van der Waals surface area contributed by atoms with E-state index < -0.39 is 51.9 Å². The minimum atomic E-state index is -4.35. The molecule has 2 aliphatic heterocycles. The molecule has 3 amide bonds. The number of anilines is 1. The molecule has 1 aliphatic carbocycles. The Bertz CT molecular complexity index is 1260. The number of halogens is 1. The number of benzene rings is 1. The summed E-state index contributed by atoms with van der Waals surface area (Å²) in [5.74, 6) is -2.80. The molecule has 3 aliphatic rings. The molecule has 0 bridgehead atoms. The first-order valence-electron chi connectivity index (χ1n) is 12.8. The third-order valence-corrected chi connectivity index (χ3v) is 8.87. The van der Waals surface area contributed by atoms with Crippen molar-refractivity contribution >= 4 is 39.2 Å². The maximum atomic E-state index is 15.7. The zero-order valence-corrected chi connectivity index (χ0v) is 22.3. The van der Waals surface area contributed by atoms with E-state index in [0.29, 0.717) is 22.2 Å². The predicted molar refractivity (Wildman–Crippen MR) is 138 cm³/mol. The second-order valence-electron chi connectivity index (χ2n) is 10.5. The van der Waals surface area contributed by atoms with Crippen molar-refractivity contribution in [1.29, 1.82) is 0 Å². The van der Waals surface area contributed by atoms with Gasteiger partial charge in [-0.05, 0) is 42.4 Å². The lowest BCUT2D eigenvalue weighted by molar-refractivity contribution is -0.133. The summed E-state index contributed by atoms with van der Waals surface area (Å²) in [7, 11) is -4.35. The summed E-state index contributed by atoms with van der Waals surface area (Å²) >= 11 is 0. The Morgan fingerprint density at radius 2 is 1.95 bits per heavy atom. The van der Waals surface area contributed by atoms with Crippen LogP contribution in [0.5, 0.6) is 5.75 Å². The van der Waals surface area contributed by atoms with E-state index in [1.54, 1.807) is 29.5 Å². The van der Waals surface area contributed by atoms with Gasteiger partial charge in [-0.2, -0.15) is 8.42 Å². The number of nitrogens with one attached hydrogen (secondary N) is 2. The van der Waals surface area contributed by atoms with Crippen LogP contribution in [0, 0.1) is 17.7 Å². The maximum Gasteiger partial charge on any atom is 0.326 e. The van der Waals surface area contributed by atoms with Crippen LogP contribution in [0.4, 0.5) is 10.1 Å². The zero-order valence-electron chi connectivity index (χ0n) is 21.4. The normalized spacial score (nSPS) is 21.8. The van der Waals surface area contributed by atoms with Gasteiger partial charge in [0.25, 0.3) is 5.91 Å². The number of phenolic OH excluding ortho intramolecular Hbond substituents is 1. The van der Waals surface area contributed by atoms with Crippen LogP contribution in [0.25, 0.3) is 5.57 Å². The van der Waals surface area contributed by atoms with Crippen LogP contribution < -0.4 is 20.1 Å². The van der Waals surface area contributed by atoms with Crippen LogP contribution in [0.3, 0.4) is 0 Å². The summed E-state index contributed by atoms with van der Waals surface area (Å²) in [6, 6.07) is 1.38. The summed E-state index contributed by atoms with van der Waals surface area (Å²) in [4.78, 5) is 38.7. The van der Waals surface area contributed by atoms with Crippen molar-refractivity contribution in [3.8, 4) is 5.75 Å². The van der Waals surface area contributed by atoms with Crippen LogP contribution in [0.15, 0.2) is 18.2 Å². The van der Waals surface area contributed by atoms with Gasteiger partial charge < -0.3 is 21.1 Å². The van der Waals surface area contributed by atoms with Gasteiger partial charge in [0, 0.05) is 12.1 Å². The van der Waals surface area contributed by atoms with Crippen LogP contribution in [-0.2, 0) is 24.6 Å². The number of nitrogens with zero attached hydrogens (tertiary/aromatic N) is 2. The molecule has 1 unspecified atom stereocenters. The molecule has 38 heavy (non-hydrogen) atoms. The Morgan fingerprint density at radius 1 is 1.24 bits per heavy atom. The number of amides is 3. The second kappa shape index (κ2) is 10.9. The number of carbonyl (C=O) groups is 3. The first kappa shape index (κ1) is 27.8. The third kappa shape index (κ3) is 5.63. The van der Waals surface area contributed by atoms with Crippen molar-refractivity contribution in [1.82, 2.24) is 14.9 Å². The van der Waals surface area contributed by atoms with E-state index >= 15 is 4.39 Å². The van der Waals surface area contributed by atoms with Gasteiger partial charge in [-0.15, -0.1) is 0 Å². The second-order valence-corrected chi connectivity index (χ2v) is 12.1. The minimum absolute atomic E-state index is 0.0159. The molecular formula is C25H34FN5O6S. The largest absolute Gasteiger partial charge is 0.506 e. The summed E-state index contributed by atoms with van der Waals surface area (Å²) in [6.07, 6.45) is 6.77. The fourth-order valence-electron chi connectivity index (χ4n) is 4.92. The minimum Gasteiger partial charge on any atom is -0.506 e. The van der Waals surface area contributed by atoms with Gasteiger partial charge in [0.15, 0.2) is 5.82 Å². The highest BCUT2D eigenvalue weighted by atomic mass is 32.2. The van der Waals surface area contributed by atoms with Gasteiger partial charge in [0.05, 0.1) is 18.6 Å². The lowest BCUT2D eigenvalue weighted by Crippen LogP contribution is -2.49. The highest BCUT2D eigenvalue weighted by Crippen LogP contribution is 2.40. The van der Waals surface area contributed by atoms with Crippen molar-refractivity contribution in [2.45, 2.75) is 58.0 Å². The van der Waals surface area contributed by atoms with Gasteiger partial charge in [0.2, 0.25) is 11.8 Å². The lowest BCUT2D eigenvalue weighted by Gasteiger charge is -2.30. The molecule has 1 saturated heterocycles. The van der Waals surface area contributed by atoms with E-state index in [1.165, 1.54) is 12.5 Å². The lowest BCUT2D eigenvalue weighted by atomic mass is 9.81. The van der Waals surface area contributed by atoms with Gasteiger partial charge in [-0.1, -0.05) is 39.2 Å². The average molecular weight is 552 g/mol. The fraction of sp³-hybridized carbons (Fsp3) is 0.560. The van der Waals surface area contributed by atoms with Crippen molar-refractivity contribution in [2.24, 2.45) is 17.6 Å². The molecule has 0 aromatic heterocycles. The van der Waals surface area contributed by atoms with E-state index in [1.807, 2.05) is 0 Å². The third-order valence-electron chi connectivity index (χ3n) is 7.50. The van der Waals surface area contributed by atoms with E-state index in [9.17, 15) is 27.9 Å². The first-order valence-corrected chi connectivity index (χ1v) is 14.2. The highest BCUT2D eigenvalue weighted by molar-refractivity contribution is 7.92. The Hall–Kier alpha value is -3.19. The van der Waals surface area contributed by atoms with Gasteiger partial charge in [-0.25, -0.2) is 13.4 Å². The number of rotatable bonds is 9. The monoisotopic (exact) mass is 551 g/mol. The molecule has 2 heterocycles. The van der Waals surface area contributed by atoms with Gasteiger partial charge in [-0.3, -0.25) is 14.4 Å². The molecule has 11 nitrogen and oxygen atoms in total. The SMILES string of the molecule is CC(C)C(N)C(=O)NCC(=O)N1CC(c2ccc(O)c(N3CC(=O)NS3(=O)=O)c2F)=C[C@H]1CCC1CCC1. The van der Waals surface area contributed by atoms with Crippen molar-refractivity contribution in [3.05, 3.63) is 29.6 Å². The van der Waals surface area contributed by atoms with Crippen LogP contribution >= 0.6 is 0 Å². The van der Waals surface area contributed by atoms with Crippen molar-refractivity contribution < 1.29 is 32.3 Å². The molecule has 4 rings (SSSR count). The van der Waals surface area contributed by atoms with Crippen LogP contribution in [0.1, 0.15) is 51.5 Å². The molecule has 2 atom stereocenters. The number of hydrogen-bond acceptors (Lipinski definition) is 7. The summed E-state index contributed by atoms with van der Waals surface area (Å²) in [6.45, 7) is 2.72. The van der Waals surface area contributed by atoms with Gasteiger partial charge >= 0.3 is 10.2 Å². The molecule has 2 fully saturated rings. The Balaban J connectivity index is 1.58. The molecule has 5 N–H and O–H groups in total. The standard InChI is InChI=1S/C25H34FN5O6S/c1-14(2)23(27)25(35)28-11-21(34)30-12-16(10-17(30)7-6-15-4-3-5-15)18-8-9-19(32)24(22(18)26)31-13-20(33)29-38(31,36)37/h8-10,14-15,17,23,32H,3-7,11-13,27H2,1-2H3,(H,28,35)(H,29,33)/t17-,23?/m1/s1. The summed E-state index contributed by atoms with van der Waals surface area (Å²) in [5.41, 5.74) is 5.69. The first-order chi connectivity index (χ1) is 17.9. The number of phenols is 1. The van der Waals surface area contributed by atoms with Crippen LogP contribution in [-0.4, -0.2) is 67.9 Å². The van der Waals surface area contributed by atoms with E-state index in [0.717, 1.165) is 25.3 Å². The van der Waals surface area contributed by atoms with Crippen LogP contribution in [0.2, 0.25) is 0 Å². The molecule has 208 valence electrons. The number of aromatic hydroxyl groups is 1. The topological polar surface area (TPSA) is 162 Å². The van der Waals surface area contributed by atoms with E-state index in [-0.39, 0.29) is 36.5 Å². The molecule has 1 aromatic rings. The van der Waals surface area contributed by atoms with Gasteiger partial charge in [0.1, 0.15) is 18.0 Å². The Morgan fingerprint density at radius 3 is 2.53 bits per heavy atom. The number of carbonyl (C=O) groups excluding carboxylic acids is 3. The molecule has 1 saturated carbocycles. The quantitative estimate of drug-likeness (QED) is 0.356. The zero-order chi connectivity index (χ0) is 27.8. The molecular weight excluding hydrogens is 517 g/mol. The van der Waals surface area contributed by atoms with Crippen molar-refractivity contribution in [2.75, 3.05) is 23.9 Å². The molecule has 1 aromatic carbocycles. The molecule has 0 radical (unpaired) electrons. The summed E-state index contributed by atoms with van der Waals surface area (Å²) < 4.78 is 42.6. The Labute approximate surface area is 221 Å².